The van der Waals surface area contributed by atoms with Crippen molar-refractivity contribution in [3.05, 3.63) is 120 Å². The van der Waals surface area contributed by atoms with E-state index in [9.17, 15) is 35.5 Å². The fraction of sp³-hybridized carbons (Fsp3) is 0.176. The van der Waals surface area contributed by atoms with Crippen LogP contribution in [-0.2, 0) is 52.8 Å². The average Bonchev–Trinajstić information content (AvgIpc) is 3.11. The Morgan fingerprint density at radius 2 is 0.827 bits per heavy atom. The number of amides is 2. The SMILES string of the molecule is COS(=O)(=O)[O-].COS(=O)(=O)[O-].C[n+]1ccc(/C=C/c2ccc(NC(=O)CSSCC(=O)Nc3ccc(/C=C/c4cc[n+](C)cc4)cc3)cc2)cc1. The Balaban J connectivity index is 0.000000671. The van der Waals surface area contributed by atoms with E-state index in [1.807, 2.05) is 133 Å². The second-order valence-corrected chi connectivity index (χ2v) is 15.0. The van der Waals surface area contributed by atoms with Gasteiger partial charge in [0.2, 0.25) is 32.6 Å². The van der Waals surface area contributed by atoms with Crippen LogP contribution in [-0.4, -0.2) is 63.5 Å². The minimum Gasteiger partial charge on any atom is -0.726 e. The number of nitrogens with zero attached hydrogens (tertiary/aromatic N) is 2. The predicted molar refractivity (Wildman–Crippen MR) is 202 cm³/mol. The molecule has 278 valence electrons. The van der Waals surface area contributed by atoms with Gasteiger partial charge in [-0.3, -0.25) is 18.0 Å². The summed E-state index contributed by atoms with van der Waals surface area (Å²) in [5, 5.41) is 5.80. The zero-order valence-corrected chi connectivity index (χ0v) is 31.8. The van der Waals surface area contributed by atoms with Crippen molar-refractivity contribution in [1.82, 2.24) is 0 Å². The van der Waals surface area contributed by atoms with Crippen LogP contribution in [0, 0.1) is 0 Å². The Morgan fingerprint density at radius 1 is 0.577 bits per heavy atom. The monoisotopic (exact) mass is 790 g/mol. The summed E-state index contributed by atoms with van der Waals surface area (Å²) in [5.41, 5.74) is 5.84. The minimum absolute atomic E-state index is 0.105. The lowest BCUT2D eigenvalue weighted by atomic mass is 10.1. The molecule has 0 spiro atoms. The summed E-state index contributed by atoms with van der Waals surface area (Å²) in [6.07, 6.45) is 16.2. The summed E-state index contributed by atoms with van der Waals surface area (Å²) in [5.74, 6) is 0.301. The third-order valence-corrected chi connectivity index (χ3v) is 9.16. The second kappa shape index (κ2) is 22.5. The molecule has 0 saturated heterocycles. The molecule has 4 aromatic rings. The van der Waals surface area contributed by atoms with Gasteiger partial charge in [0, 0.05) is 35.6 Å². The van der Waals surface area contributed by atoms with Crippen molar-refractivity contribution in [2.75, 3.05) is 36.4 Å². The molecule has 2 aromatic heterocycles. The predicted octanol–water partition coefficient (Wildman–Crippen LogP) is 3.82. The standard InChI is InChI=1S/C32H30N4O2S2.2CH4O4S/c1-35-19-15-27(16-20-35)5-3-25-7-11-29(12-8-25)33-31(37)23-39-40-24-32(38)34-30-13-9-26(10-14-30)4-6-28-17-21-36(2)22-18-28;2*1-5-6(2,3)4/h3-22H,23-24H2,1-2H3;2*1H3,(H,2,3,4). The number of aryl methyl sites for hydroxylation is 2. The molecule has 14 nitrogen and oxygen atoms in total. The van der Waals surface area contributed by atoms with E-state index in [4.69, 9.17) is 0 Å². The Morgan fingerprint density at radius 3 is 1.08 bits per heavy atom. The van der Waals surface area contributed by atoms with E-state index in [0.29, 0.717) is 0 Å². The molecule has 18 heteroatoms. The van der Waals surface area contributed by atoms with Gasteiger partial charge in [0.05, 0.1) is 25.7 Å². The maximum Gasteiger partial charge on any atom is 0.235 e. The maximum absolute atomic E-state index is 12.3. The van der Waals surface area contributed by atoms with Crippen LogP contribution < -0.4 is 19.8 Å². The molecule has 0 fully saturated rings. The highest BCUT2D eigenvalue weighted by atomic mass is 33.1. The third kappa shape index (κ3) is 20.4. The summed E-state index contributed by atoms with van der Waals surface area (Å²) in [6, 6.07) is 23.6. The molecule has 2 aromatic carbocycles. The van der Waals surface area contributed by atoms with Gasteiger partial charge in [-0.2, -0.15) is 0 Å². The lowest BCUT2D eigenvalue weighted by Crippen LogP contribution is -2.25. The van der Waals surface area contributed by atoms with Gasteiger partial charge in [0.15, 0.2) is 24.8 Å². The van der Waals surface area contributed by atoms with Gasteiger partial charge < -0.3 is 19.7 Å². The van der Waals surface area contributed by atoms with Gasteiger partial charge in [0.25, 0.3) is 0 Å². The summed E-state index contributed by atoms with van der Waals surface area (Å²) >= 11 is 0. The van der Waals surface area contributed by atoms with Gasteiger partial charge in [0.1, 0.15) is 14.1 Å². The highest BCUT2D eigenvalue weighted by Crippen LogP contribution is 2.22. The third-order valence-electron chi connectivity index (χ3n) is 6.21. The van der Waals surface area contributed by atoms with Crippen LogP contribution in [0.4, 0.5) is 11.4 Å². The van der Waals surface area contributed by atoms with Gasteiger partial charge in [-0.1, -0.05) is 70.2 Å². The van der Waals surface area contributed by atoms with E-state index >= 15 is 0 Å². The van der Waals surface area contributed by atoms with Crippen LogP contribution in [0.15, 0.2) is 97.6 Å². The molecule has 2 N–H and O–H groups in total. The van der Waals surface area contributed by atoms with Crippen LogP contribution >= 0.6 is 21.6 Å². The highest BCUT2D eigenvalue weighted by Gasteiger charge is 2.07. The first-order valence-electron chi connectivity index (χ1n) is 14.9. The molecule has 0 aliphatic carbocycles. The average molecular weight is 791 g/mol. The summed E-state index contributed by atoms with van der Waals surface area (Å²) in [6.45, 7) is 0. The normalized spacial score (nSPS) is 11.3. The van der Waals surface area contributed by atoms with Crippen molar-refractivity contribution in [2.45, 2.75) is 0 Å². The van der Waals surface area contributed by atoms with Crippen LogP contribution in [0.3, 0.4) is 0 Å². The number of rotatable bonds is 13. The van der Waals surface area contributed by atoms with E-state index in [-0.39, 0.29) is 23.3 Å². The molecule has 4 rings (SSSR count). The molecule has 0 aliphatic rings. The molecule has 2 amide bonds. The van der Waals surface area contributed by atoms with E-state index < -0.39 is 20.8 Å². The largest absolute Gasteiger partial charge is 0.726 e. The molecule has 2 heterocycles. The lowest BCUT2D eigenvalue weighted by molar-refractivity contribution is -0.671. The van der Waals surface area contributed by atoms with Crippen molar-refractivity contribution in [3.8, 4) is 0 Å². The molecular weight excluding hydrogens is 753 g/mol. The number of anilines is 2. The molecule has 0 unspecified atom stereocenters. The summed E-state index contributed by atoms with van der Waals surface area (Å²) < 4.78 is 66.0. The number of carbonyl (C=O) groups is 2. The summed E-state index contributed by atoms with van der Waals surface area (Å²) in [7, 11) is -0.518. The van der Waals surface area contributed by atoms with Crippen molar-refractivity contribution in [1.29, 1.82) is 0 Å². The fourth-order valence-corrected chi connectivity index (χ4v) is 5.24. The number of hydrogen-bond acceptors (Lipinski definition) is 12. The van der Waals surface area contributed by atoms with Crippen LogP contribution in [0.25, 0.3) is 24.3 Å². The van der Waals surface area contributed by atoms with Crippen molar-refractivity contribution >= 4 is 89.9 Å². The van der Waals surface area contributed by atoms with Gasteiger partial charge in [-0.15, -0.1) is 0 Å². The maximum atomic E-state index is 12.3. The van der Waals surface area contributed by atoms with E-state index in [1.54, 1.807) is 0 Å². The number of carbonyl (C=O) groups excluding carboxylic acids is 2. The Labute approximate surface area is 311 Å². The second-order valence-electron chi connectivity index (χ2n) is 10.3. The van der Waals surface area contributed by atoms with Crippen molar-refractivity contribution in [2.24, 2.45) is 14.1 Å². The molecule has 0 aliphatic heterocycles. The van der Waals surface area contributed by atoms with Gasteiger partial charge in [-0.25, -0.2) is 26.0 Å². The Kier molecular flexibility index (Phi) is 19.0. The van der Waals surface area contributed by atoms with Gasteiger partial charge >= 0.3 is 0 Å². The van der Waals surface area contributed by atoms with E-state index in [0.717, 1.165) is 47.8 Å². The first-order valence-corrected chi connectivity index (χ1v) is 20.0. The first kappa shape index (κ1) is 43.8. The van der Waals surface area contributed by atoms with Crippen LogP contribution in [0.5, 0.6) is 0 Å². The molecule has 52 heavy (non-hydrogen) atoms. The number of benzene rings is 2. The number of aromatic nitrogens is 2. The van der Waals surface area contributed by atoms with E-state index in [2.05, 4.69) is 31.2 Å². The van der Waals surface area contributed by atoms with Crippen molar-refractivity contribution < 1.29 is 53.0 Å². The van der Waals surface area contributed by atoms with Crippen LogP contribution in [0.1, 0.15) is 22.3 Å². The quantitative estimate of drug-likeness (QED) is 0.0654. The number of nitrogens with one attached hydrogen (secondary N) is 2. The Hall–Kier alpha value is -4.40. The van der Waals surface area contributed by atoms with E-state index in [1.165, 1.54) is 21.6 Å². The van der Waals surface area contributed by atoms with Gasteiger partial charge in [-0.05, 0) is 46.5 Å². The zero-order valence-electron chi connectivity index (χ0n) is 28.6. The topological polar surface area (TPSA) is 199 Å². The minimum atomic E-state index is -4.41. The summed E-state index contributed by atoms with van der Waals surface area (Å²) in [4.78, 5) is 24.6. The molecular formula is C34H38N4O10S4. The Bertz CT molecular complexity index is 1840. The fourth-order valence-electron chi connectivity index (χ4n) is 3.57. The lowest BCUT2D eigenvalue weighted by Gasteiger charge is -2.07. The number of hydrogen-bond donors (Lipinski definition) is 2. The highest BCUT2D eigenvalue weighted by molar-refractivity contribution is 8.77. The smallest absolute Gasteiger partial charge is 0.235 e. The van der Waals surface area contributed by atoms with Crippen LogP contribution in [0.2, 0.25) is 0 Å². The number of pyridine rings is 2. The molecule has 0 bridgehead atoms. The molecule has 0 radical (unpaired) electrons. The first-order chi connectivity index (χ1) is 24.5. The molecule has 0 atom stereocenters. The zero-order chi connectivity index (χ0) is 38.6. The van der Waals surface area contributed by atoms with Crippen molar-refractivity contribution in [3.63, 3.8) is 0 Å². The molecule has 0 saturated carbocycles.